The summed E-state index contributed by atoms with van der Waals surface area (Å²) in [4.78, 5) is 28.4. The molecule has 0 saturated heterocycles. The Kier molecular flexibility index (Phi) is 7.02. The fourth-order valence-electron chi connectivity index (χ4n) is 3.90. The Hall–Kier alpha value is -2.54. The van der Waals surface area contributed by atoms with Gasteiger partial charge in [-0.2, -0.15) is 0 Å². The predicted octanol–water partition coefficient (Wildman–Crippen LogP) is 3.55. The van der Waals surface area contributed by atoms with Crippen LogP contribution in [-0.2, 0) is 16.1 Å². The second-order valence-corrected chi connectivity index (χ2v) is 8.39. The van der Waals surface area contributed by atoms with Crippen LogP contribution < -0.4 is 5.32 Å². The minimum atomic E-state index is -0.992. The van der Waals surface area contributed by atoms with Crippen LogP contribution in [0.2, 0.25) is 0 Å². The molecule has 0 bridgehead atoms. The average molecular weight is 416 g/mol. The fraction of sp³-hybridized carbons (Fsp3) is 0.565. The number of carbonyl (C=O) groups is 2. The number of ether oxygens (including phenoxy) is 1. The first-order valence-electron chi connectivity index (χ1n) is 10.8. The van der Waals surface area contributed by atoms with Crippen molar-refractivity contribution in [3.05, 3.63) is 36.2 Å². The molecule has 0 spiro atoms. The second kappa shape index (κ2) is 9.51. The van der Waals surface area contributed by atoms with Crippen molar-refractivity contribution in [3.63, 3.8) is 0 Å². The summed E-state index contributed by atoms with van der Waals surface area (Å²) in [7, 11) is 0. The normalized spacial score (nSPS) is 18.7. The van der Waals surface area contributed by atoms with E-state index < -0.39 is 5.54 Å². The summed E-state index contributed by atoms with van der Waals surface area (Å²) in [5.41, 5.74) is 0.386. The summed E-state index contributed by atoms with van der Waals surface area (Å²) < 4.78 is 12.9. The molecule has 2 amide bonds. The van der Waals surface area contributed by atoms with Crippen LogP contribution >= 0.6 is 0 Å². The number of carbonyl (C=O) groups excluding carboxylic acids is 2. The SMILES string of the molecule is CCOCCCN1C(=O)c2ccc(-c3ccco3)n2CC1(C)C(=O)NCCC(C)C. The van der Waals surface area contributed by atoms with Gasteiger partial charge in [0.25, 0.3) is 5.91 Å². The number of hydrogen-bond acceptors (Lipinski definition) is 4. The van der Waals surface area contributed by atoms with Gasteiger partial charge in [0, 0.05) is 26.3 Å². The first-order chi connectivity index (χ1) is 14.4. The lowest BCUT2D eigenvalue weighted by Crippen LogP contribution is -2.64. The van der Waals surface area contributed by atoms with Gasteiger partial charge < -0.3 is 23.9 Å². The second-order valence-electron chi connectivity index (χ2n) is 8.39. The Balaban J connectivity index is 1.90. The van der Waals surface area contributed by atoms with Crippen LogP contribution in [0.4, 0.5) is 0 Å². The highest BCUT2D eigenvalue weighted by atomic mass is 16.5. The van der Waals surface area contributed by atoms with E-state index in [2.05, 4.69) is 19.2 Å². The Morgan fingerprint density at radius 2 is 2.07 bits per heavy atom. The summed E-state index contributed by atoms with van der Waals surface area (Å²) in [6.07, 6.45) is 3.19. The molecule has 1 aliphatic heterocycles. The number of furan rings is 1. The van der Waals surface area contributed by atoms with Gasteiger partial charge >= 0.3 is 0 Å². The Morgan fingerprint density at radius 3 is 2.73 bits per heavy atom. The molecule has 1 unspecified atom stereocenters. The van der Waals surface area contributed by atoms with Crippen LogP contribution in [-0.4, -0.2) is 53.1 Å². The number of aromatic nitrogens is 1. The number of amides is 2. The van der Waals surface area contributed by atoms with Crippen molar-refractivity contribution in [3.8, 4) is 11.5 Å². The lowest BCUT2D eigenvalue weighted by Gasteiger charge is -2.44. The zero-order chi connectivity index (χ0) is 21.7. The van der Waals surface area contributed by atoms with Crippen LogP contribution in [0, 0.1) is 5.92 Å². The van der Waals surface area contributed by atoms with E-state index in [1.54, 1.807) is 11.2 Å². The van der Waals surface area contributed by atoms with Gasteiger partial charge in [0.2, 0.25) is 5.91 Å². The van der Waals surface area contributed by atoms with Gasteiger partial charge in [0.05, 0.1) is 18.5 Å². The van der Waals surface area contributed by atoms with Gasteiger partial charge in [-0.05, 0) is 56.9 Å². The average Bonchev–Trinajstić information content (AvgIpc) is 3.36. The first-order valence-corrected chi connectivity index (χ1v) is 10.8. The van der Waals surface area contributed by atoms with Gasteiger partial charge in [-0.15, -0.1) is 0 Å². The fourth-order valence-corrected chi connectivity index (χ4v) is 3.90. The van der Waals surface area contributed by atoms with Crippen molar-refractivity contribution in [1.29, 1.82) is 0 Å². The van der Waals surface area contributed by atoms with Crippen molar-refractivity contribution >= 4 is 11.8 Å². The summed E-state index contributed by atoms with van der Waals surface area (Å²) in [5.74, 6) is 0.908. The molecule has 0 radical (unpaired) electrons. The lowest BCUT2D eigenvalue weighted by atomic mass is 9.94. The van der Waals surface area contributed by atoms with Crippen LogP contribution in [0.25, 0.3) is 11.5 Å². The largest absolute Gasteiger partial charge is 0.463 e. The molecule has 2 aromatic heterocycles. The Labute approximate surface area is 178 Å². The molecule has 1 N–H and O–H groups in total. The van der Waals surface area contributed by atoms with Crippen LogP contribution in [0.5, 0.6) is 0 Å². The minimum absolute atomic E-state index is 0.127. The van der Waals surface area contributed by atoms with Crippen molar-refractivity contribution in [2.45, 2.75) is 52.6 Å². The van der Waals surface area contributed by atoms with E-state index in [1.807, 2.05) is 42.7 Å². The van der Waals surface area contributed by atoms with Gasteiger partial charge in [0.15, 0.2) is 0 Å². The zero-order valence-corrected chi connectivity index (χ0v) is 18.4. The number of fused-ring (bicyclic) bond motifs is 1. The van der Waals surface area contributed by atoms with E-state index in [9.17, 15) is 9.59 Å². The molecule has 0 aromatic carbocycles. The number of hydrogen-bond donors (Lipinski definition) is 1. The van der Waals surface area contributed by atoms with Gasteiger partial charge in [0.1, 0.15) is 17.0 Å². The molecule has 0 fully saturated rings. The molecule has 164 valence electrons. The van der Waals surface area contributed by atoms with Crippen molar-refractivity contribution < 1.29 is 18.7 Å². The standard InChI is InChI=1S/C23H33N3O4/c1-5-29-14-7-13-26-21(27)19-10-9-18(20-8-6-15-30-20)25(19)16-23(26,4)22(28)24-12-11-17(2)3/h6,8-10,15,17H,5,7,11-14,16H2,1-4H3,(H,24,28). The molecular formula is C23H33N3O4. The van der Waals surface area contributed by atoms with Gasteiger partial charge in [-0.1, -0.05) is 13.8 Å². The topological polar surface area (TPSA) is 76.7 Å². The van der Waals surface area contributed by atoms with E-state index in [-0.39, 0.29) is 11.8 Å². The van der Waals surface area contributed by atoms with E-state index in [1.165, 1.54) is 0 Å². The van der Waals surface area contributed by atoms with Crippen molar-refractivity contribution in [2.75, 3.05) is 26.3 Å². The maximum atomic E-state index is 13.4. The molecular weight excluding hydrogens is 382 g/mol. The van der Waals surface area contributed by atoms with E-state index in [0.717, 1.165) is 12.1 Å². The third-order valence-electron chi connectivity index (χ3n) is 5.65. The van der Waals surface area contributed by atoms with Crippen molar-refractivity contribution in [2.24, 2.45) is 5.92 Å². The molecule has 30 heavy (non-hydrogen) atoms. The maximum absolute atomic E-state index is 13.4. The van der Waals surface area contributed by atoms with Crippen molar-refractivity contribution in [1.82, 2.24) is 14.8 Å². The molecule has 2 aromatic rings. The third-order valence-corrected chi connectivity index (χ3v) is 5.65. The predicted molar refractivity (Wildman–Crippen MR) is 115 cm³/mol. The van der Waals surface area contributed by atoms with Crippen LogP contribution in [0.15, 0.2) is 34.9 Å². The smallest absolute Gasteiger partial charge is 0.271 e. The van der Waals surface area contributed by atoms with E-state index >= 15 is 0 Å². The highest BCUT2D eigenvalue weighted by Crippen LogP contribution is 2.33. The molecule has 7 nitrogen and oxygen atoms in total. The Bertz CT molecular complexity index is 856. The summed E-state index contributed by atoms with van der Waals surface area (Å²) >= 11 is 0. The van der Waals surface area contributed by atoms with Crippen LogP contribution in [0.1, 0.15) is 51.0 Å². The quantitative estimate of drug-likeness (QED) is 0.602. The van der Waals surface area contributed by atoms with Crippen LogP contribution in [0.3, 0.4) is 0 Å². The number of nitrogens with zero attached hydrogens (tertiary/aromatic N) is 2. The summed E-state index contributed by atoms with van der Waals surface area (Å²) in [6, 6.07) is 7.37. The van der Waals surface area contributed by atoms with E-state index in [0.29, 0.717) is 56.6 Å². The summed E-state index contributed by atoms with van der Waals surface area (Å²) in [5, 5.41) is 3.05. The number of nitrogens with one attached hydrogen (secondary N) is 1. The molecule has 3 rings (SSSR count). The highest BCUT2D eigenvalue weighted by molar-refractivity contribution is 6.00. The minimum Gasteiger partial charge on any atom is -0.463 e. The first kappa shape index (κ1) is 22.2. The monoisotopic (exact) mass is 415 g/mol. The Morgan fingerprint density at radius 1 is 1.30 bits per heavy atom. The molecule has 1 aliphatic rings. The number of rotatable bonds is 10. The molecule has 7 heteroatoms. The van der Waals surface area contributed by atoms with Gasteiger partial charge in [-0.25, -0.2) is 0 Å². The van der Waals surface area contributed by atoms with Gasteiger partial charge in [-0.3, -0.25) is 9.59 Å². The summed E-state index contributed by atoms with van der Waals surface area (Å²) in [6.45, 7) is 10.7. The van der Waals surface area contributed by atoms with E-state index in [4.69, 9.17) is 9.15 Å². The molecule has 1 atom stereocenters. The highest BCUT2D eigenvalue weighted by Gasteiger charge is 2.47. The lowest BCUT2D eigenvalue weighted by molar-refractivity contribution is -0.133. The molecule has 0 saturated carbocycles. The third kappa shape index (κ3) is 4.46. The molecule has 0 aliphatic carbocycles. The molecule has 3 heterocycles. The maximum Gasteiger partial charge on any atom is 0.271 e. The zero-order valence-electron chi connectivity index (χ0n) is 18.4.